The number of nitrogens with one attached hydrogen (secondary N) is 1. The summed E-state index contributed by atoms with van der Waals surface area (Å²) >= 11 is 5.54. The molecule has 116 valence electrons. The Bertz CT molecular complexity index is 635. The van der Waals surface area contributed by atoms with Gasteiger partial charge in [0.15, 0.2) is 0 Å². The fourth-order valence-corrected chi connectivity index (χ4v) is 2.72. The number of carbonyl (C=O) groups excluding carboxylic acids is 1. The van der Waals surface area contributed by atoms with Crippen LogP contribution >= 0.6 is 11.6 Å². The van der Waals surface area contributed by atoms with Crippen molar-refractivity contribution in [3.05, 3.63) is 42.3 Å². The normalized spacial score (nSPS) is 22.1. The lowest BCUT2D eigenvalue weighted by atomic mass is 9.94. The molecule has 0 radical (unpaired) electrons. The number of allylic oxidation sites excluding steroid dienone is 4. The van der Waals surface area contributed by atoms with Gasteiger partial charge in [0.1, 0.15) is 12.4 Å². The molecule has 0 amide bonds. The second-order valence-corrected chi connectivity index (χ2v) is 6.23. The molecule has 5 heteroatoms. The molecule has 4 nitrogen and oxygen atoms in total. The largest absolute Gasteiger partial charge is 0.489 e. The molecule has 2 aliphatic carbocycles. The Balaban J connectivity index is 1.74. The average Bonchev–Trinajstić information content (AvgIpc) is 3.34. The number of hydrogen-bond acceptors (Lipinski definition) is 4. The first kappa shape index (κ1) is 15.3. The number of ether oxygens (including phenoxy) is 1. The lowest BCUT2D eigenvalue weighted by Gasteiger charge is -2.19. The summed E-state index contributed by atoms with van der Waals surface area (Å²) in [6, 6.07) is 1.94. The zero-order valence-corrected chi connectivity index (χ0v) is 13.3. The Morgan fingerprint density at radius 1 is 1.55 bits per heavy atom. The maximum absolute atomic E-state index is 11.2. The minimum Gasteiger partial charge on any atom is -0.489 e. The molecular weight excluding hydrogens is 300 g/mol. The number of hydrogen-bond donors (Lipinski definition) is 1. The molecular formula is C17H19ClN2O2. The summed E-state index contributed by atoms with van der Waals surface area (Å²) in [5.74, 6) is 0.547. The van der Waals surface area contributed by atoms with Crippen molar-refractivity contribution < 1.29 is 9.53 Å². The third-order valence-electron chi connectivity index (χ3n) is 4.37. The van der Waals surface area contributed by atoms with E-state index in [1.54, 1.807) is 12.4 Å². The molecule has 1 unspecified atom stereocenters. The van der Waals surface area contributed by atoms with Crippen LogP contribution in [0.15, 0.2) is 36.7 Å². The molecule has 22 heavy (non-hydrogen) atoms. The van der Waals surface area contributed by atoms with Gasteiger partial charge in [-0.15, -0.1) is 0 Å². The maximum atomic E-state index is 11.2. The Hall–Kier alpha value is -1.65. The van der Waals surface area contributed by atoms with Crippen molar-refractivity contribution in [1.82, 2.24) is 10.3 Å². The van der Waals surface area contributed by atoms with Crippen LogP contribution in [-0.4, -0.2) is 29.4 Å². The first-order valence-corrected chi connectivity index (χ1v) is 7.85. The summed E-state index contributed by atoms with van der Waals surface area (Å²) in [6.45, 7) is 0.641. The van der Waals surface area contributed by atoms with Crippen LogP contribution in [0.3, 0.4) is 0 Å². The fourth-order valence-electron chi connectivity index (χ4n) is 2.56. The Kier molecular flexibility index (Phi) is 4.32. The monoisotopic (exact) mass is 318 g/mol. The van der Waals surface area contributed by atoms with E-state index in [-0.39, 0.29) is 16.7 Å². The summed E-state index contributed by atoms with van der Waals surface area (Å²) in [5.41, 5.74) is 2.17. The smallest absolute Gasteiger partial charge is 0.228 e. The first-order valence-electron chi connectivity index (χ1n) is 7.47. The van der Waals surface area contributed by atoms with E-state index in [4.69, 9.17) is 16.3 Å². The minimum atomic E-state index is -0.317. The molecule has 2 aliphatic rings. The third-order valence-corrected chi connectivity index (χ3v) is 4.65. The minimum absolute atomic E-state index is 0.125. The summed E-state index contributed by atoms with van der Waals surface area (Å²) in [7, 11) is 1.97. The van der Waals surface area contributed by atoms with Gasteiger partial charge in [0.05, 0.1) is 17.7 Å². The SMILES string of the molecule is CNC1(COc2cnccc2C2=CCC(C(=O)Cl)C=C2)CC1. The van der Waals surface area contributed by atoms with E-state index in [1.165, 1.54) is 0 Å². The van der Waals surface area contributed by atoms with Crippen molar-refractivity contribution in [2.45, 2.75) is 24.8 Å². The van der Waals surface area contributed by atoms with Gasteiger partial charge in [-0.2, -0.15) is 0 Å². The Morgan fingerprint density at radius 2 is 2.36 bits per heavy atom. The average molecular weight is 319 g/mol. The van der Waals surface area contributed by atoms with Crippen molar-refractivity contribution in [3.8, 4) is 5.75 Å². The predicted molar refractivity (Wildman–Crippen MR) is 86.8 cm³/mol. The molecule has 0 bridgehead atoms. The molecule has 0 aromatic carbocycles. The lowest BCUT2D eigenvalue weighted by Crippen LogP contribution is -2.34. The first-order chi connectivity index (χ1) is 10.6. The van der Waals surface area contributed by atoms with E-state index < -0.39 is 0 Å². The van der Waals surface area contributed by atoms with E-state index in [1.807, 2.05) is 31.3 Å². The van der Waals surface area contributed by atoms with Gasteiger partial charge in [-0.3, -0.25) is 9.78 Å². The van der Waals surface area contributed by atoms with Gasteiger partial charge in [-0.05, 0) is 49.6 Å². The third kappa shape index (κ3) is 3.23. The van der Waals surface area contributed by atoms with Crippen LogP contribution < -0.4 is 10.1 Å². The highest BCUT2D eigenvalue weighted by atomic mass is 35.5. The Labute approximate surface area is 135 Å². The van der Waals surface area contributed by atoms with Gasteiger partial charge in [0.2, 0.25) is 5.24 Å². The van der Waals surface area contributed by atoms with E-state index in [0.29, 0.717) is 13.0 Å². The molecule has 0 saturated heterocycles. The number of pyridine rings is 1. The molecule has 0 aliphatic heterocycles. The molecule has 3 rings (SSSR count). The van der Waals surface area contributed by atoms with Crippen molar-refractivity contribution in [2.24, 2.45) is 5.92 Å². The number of aromatic nitrogens is 1. The predicted octanol–water partition coefficient (Wildman–Crippen LogP) is 2.94. The highest BCUT2D eigenvalue weighted by Gasteiger charge is 2.42. The van der Waals surface area contributed by atoms with Gasteiger partial charge in [-0.25, -0.2) is 0 Å². The van der Waals surface area contributed by atoms with Crippen LogP contribution in [-0.2, 0) is 4.79 Å². The van der Waals surface area contributed by atoms with E-state index in [0.717, 1.165) is 29.7 Å². The zero-order chi connectivity index (χ0) is 15.6. The molecule has 1 N–H and O–H groups in total. The van der Waals surface area contributed by atoms with E-state index >= 15 is 0 Å². The van der Waals surface area contributed by atoms with E-state index in [9.17, 15) is 4.79 Å². The van der Waals surface area contributed by atoms with Gasteiger partial charge < -0.3 is 10.1 Å². The molecule has 1 aromatic rings. The van der Waals surface area contributed by atoms with Crippen molar-refractivity contribution in [3.63, 3.8) is 0 Å². The van der Waals surface area contributed by atoms with Gasteiger partial charge in [0.25, 0.3) is 0 Å². The Morgan fingerprint density at radius 3 is 2.95 bits per heavy atom. The molecule has 1 atom stereocenters. The number of halogens is 1. The molecule has 0 spiro atoms. The van der Waals surface area contributed by atoms with Crippen LogP contribution in [0.5, 0.6) is 5.75 Å². The molecule has 1 heterocycles. The van der Waals surface area contributed by atoms with Crippen molar-refractivity contribution in [2.75, 3.05) is 13.7 Å². The number of likely N-dealkylation sites (N-methyl/N-ethyl adjacent to an activating group) is 1. The van der Waals surface area contributed by atoms with Crippen molar-refractivity contribution in [1.29, 1.82) is 0 Å². The van der Waals surface area contributed by atoms with Gasteiger partial charge in [-0.1, -0.05) is 18.2 Å². The van der Waals surface area contributed by atoms with Crippen LogP contribution in [0.2, 0.25) is 0 Å². The fraction of sp³-hybridized carbons (Fsp3) is 0.412. The quantitative estimate of drug-likeness (QED) is 0.819. The van der Waals surface area contributed by atoms with Crippen LogP contribution in [0, 0.1) is 5.92 Å². The molecule has 1 saturated carbocycles. The summed E-state index contributed by atoms with van der Waals surface area (Å²) in [5, 5.41) is 3.00. The molecule has 1 aromatic heterocycles. The van der Waals surface area contributed by atoms with Crippen LogP contribution in [0.25, 0.3) is 5.57 Å². The summed E-state index contributed by atoms with van der Waals surface area (Å²) in [4.78, 5) is 15.4. The topological polar surface area (TPSA) is 51.2 Å². The lowest BCUT2D eigenvalue weighted by molar-refractivity contribution is -0.113. The van der Waals surface area contributed by atoms with Gasteiger partial charge in [0, 0.05) is 11.8 Å². The number of nitrogens with zero attached hydrogens (tertiary/aromatic N) is 1. The van der Waals surface area contributed by atoms with E-state index in [2.05, 4.69) is 10.3 Å². The standard InChI is InChI=1S/C17H19ClN2O2/c1-19-17(7-8-17)11-22-15-10-20-9-6-14(15)12-2-4-13(5-3-12)16(18)21/h2-4,6,9-10,13,19H,5,7-8,11H2,1H3. The number of carbonyl (C=O) groups is 1. The maximum Gasteiger partial charge on any atom is 0.228 e. The van der Waals surface area contributed by atoms with Crippen LogP contribution in [0.1, 0.15) is 24.8 Å². The summed E-state index contributed by atoms with van der Waals surface area (Å²) < 4.78 is 5.99. The zero-order valence-electron chi connectivity index (χ0n) is 12.5. The van der Waals surface area contributed by atoms with Gasteiger partial charge >= 0.3 is 0 Å². The highest BCUT2D eigenvalue weighted by molar-refractivity contribution is 6.64. The second-order valence-electron chi connectivity index (χ2n) is 5.86. The molecule has 1 fully saturated rings. The second kappa shape index (κ2) is 6.23. The summed E-state index contributed by atoms with van der Waals surface area (Å²) in [6.07, 6.45) is 12.2. The highest BCUT2D eigenvalue weighted by Crippen LogP contribution is 2.37. The van der Waals surface area contributed by atoms with Crippen LogP contribution in [0.4, 0.5) is 0 Å². The van der Waals surface area contributed by atoms with Crippen molar-refractivity contribution >= 4 is 22.4 Å². The number of rotatable bonds is 6.